The molecule has 1 aromatic carbocycles. The Morgan fingerprint density at radius 3 is 2.71 bits per heavy atom. The molecule has 0 spiro atoms. The molecule has 1 fully saturated rings. The van der Waals surface area contributed by atoms with Crippen LogP contribution >= 0.6 is 38.5 Å². The topological polar surface area (TPSA) is 51.8 Å². The Kier molecular flexibility index (Phi) is 4.78. The molecule has 1 heterocycles. The first-order chi connectivity index (χ1) is 10.1. The number of halogens is 2. The van der Waals surface area contributed by atoms with Crippen LogP contribution in [0, 0.1) is 3.57 Å². The highest BCUT2D eigenvalue weighted by atomic mass is 127. The van der Waals surface area contributed by atoms with E-state index in [0.717, 1.165) is 26.0 Å². The first kappa shape index (κ1) is 15.2. The van der Waals surface area contributed by atoms with Crippen LogP contribution in [-0.2, 0) is 6.42 Å². The van der Waals surface area contributed by atoms with Gasteiger partial charge < -0.3 is 5.73 Å². The lowest BCUT2D eigenvalue weighted by Gasteiger charge is -2.14. The van der Waals surface area contributed by atoms with Gasteiger partial charge in [0.25, 0.3) is 0 Å². The maximum Gasteiger partial charge on any atom is 0.140 e. The smallest absolute Gasteiger partial charge is 0.140 e. The number of benzene rings is 1. The number of nitrogens with zero attached hydrogens (tertiary/aromatic N) is 2. The zero-order valence-corrected chi connectivity index (χ0v) is 15.4. The molecule has 1 aromatic heterocycles. The molecule has 0 saturated heterocycles. The van der Waals surface area contributed by atoms with Crippen molar-refractivity contribution in [1.29, 1.82) is 0 Å². The molecular formula is C16H17BrIN3. The molecule has 110 valence electrons. The molecule has 21 heavy (non-hydrogen) atoms. The number of nitrogen functional groups attached to an aromatic ring is 1. The minimum absolute atomic E-state index is 0.559. The second-order valence-electron chi connectivity index (χ2n) is 5.51. The minimum Gasteiger partial charge on any atom is -0.383 e. The van der Waals surface area contributed by atoms with E-state index in [1.165, 1.54) is 31.2 Å². The van der Waals surface area contributed by atoms with Crippen LogP contribution < -0.4 is 5.73 Å². The molecule has 2 N–H and O–H groups in total. The summed E-state index contributed by atoms with van der Waals surface area (Å²) < 4.78 is 2.12. The molecule has 0 aliphatic heterocycles. The zero-order chi connectivity index (χ0) is 14.8. The van der Waals surface area contributed by atoms with E-state index in [-0.39, 0.29) is 0 Å². The third-order valence-corrected chi connectivity index (χ3v) is 5.54. The predicted molar refractivity (Wildman–Crippen MR) is 97.3 cm³/mol. The van der Waals surface area contributed by atoms with E-state index < -0.39 is 0 Å². The number of anilines is 1. The van der Waals surface area contributed by atoms with Crippen LogP contribution in [0.4, 0.5) is 5.82 Å². The number of nitrogens with two attached hydrogens (primary N) is 1. The third-order valence-electron chi connectivity index (χ3n) is 3.94. The van der Waals surface area contributed by atoms with Crippen LogP contribution in [0.5, 0.6) is 0 Å². The van der Waals surface area contributed by atoms with Gasteiger partial charge in [-0.25, -0.2) is 9.97 Å². The SMILES string of the molecule is Nc1nc(Cc2cccc(Br)c2)nc(C2CCCC2)c1I. The highest BCUT2D eigenvalue weighted by Gasteiger charge is 2.23. The summed E-state index contributed by atoms with van der Waals surface area (Å²) in [7, 11) is 0. The average molecular weight is 458 g/mol. The minimum atomic E-state index is 0.559. The monoisotopic (exact) mass is 457 g/mol. The van der Waals surface area contributed by atoms with E-state index in [0.29, 0.717) is 11.7 Å². The van der Waals surface area contributed by atoms with Crippen molar-refractivity contribution in [2.75, 3.05) is 5.73 Å². The van der Waals surface area contributed by atoms with E-state index in [4.69, 9.17) is 10.7 Å². The van der Waals surface area contributed by atoms with Crippen molar-refractivity contribution in [2.24, 2.45) is 0 Å². The van der Waals surface area contributed by atoms with Gasteiger partial charge in [0.05, 0.1) is 9.26 Å². The molecule has 1 aliphatic carbocycles. The van der Waals surface area contributed by atoms with Crippen LogP contribution in [-0.4, -0.2) is 9.97 Å². The van der Waals surface area contributed by atoms with Crippen molar-refractivity contribution < 1.29 is 0 Å². The fraction of sp³-hybridized carbons (Fsp3) is 0.375. The number of rotatable bonds is 3. The third kappa shape index (κ3) is 3.56. The largest absolute Gasteiger partial charge is 0.383 e. The average Bonchev–Trinajstić information content (AvgIpc) is 2.96. The summed E-state index contributed by atoms with van der Waals surface area (Å²) in [6.45, 7) is 0. The molecule has 2 aromatic rings. The maximum atomic E-state index is 6.10. The van der Waals surface area contributed by atoms with Crippen molar-refractivity contribution in [3.63, 3.8) is 0 Å². The Morgan fingerprint density at radius 2 is 2.00 bits per heavy atom. The molecule has 1 saturated carbocycles. The summed E-state index contributed by atoms with van der Waals surface area (Å²) in [6.07, 6.45) is 5.77. The Bertz CT molecular complexity index is 654. The first-order valence-corrected chi connectivity index (χ1v) is 9.07. The van der Waals surface area contributed by atoms with Gasteiger partial charge in [0.1, 0.15) is 11.6 Å². The predicted octanol–water partition coefficient (Wildman–Crippen LogP) is 4.67. The second kappa shape index (κ2) is 6.60. The Morgan fingerprint density at radius 1 is 1.24 bits per heavy atom. The summed E-state index contributed by atoms with van der Waals surface area (Å²) in [6, 6.07) is 8.26. The van der Waals surface area contributed by atoms with E-state index >= 15 is 0 Å². The van der Waals surface area contributed by atoms with Gasteiger partial charge in [-0.05, 0) is 53.1 Å². The van der Waals surface area contributed by atoms with Crippen LogP contribution in [0.25, 0.3) is 0 Å². The zero-order valence-electron chi connectivity index (χ0n) is 11.6. The molecule has 0 unspecified atom stereocenters. The van der Waals surface area contributed by atoms with Crippen LogP contribution in [0.15, 0.2) is 28.7 Å². The summed E-state index contributed by atoms with van der Waals surface area (Å²) in [4.78, 5) is 9.30. The molecular weight excluding hydrogens is 441 g/mol. The van der Waals surface area contributed by atoms with Gasteiger partial charge in [-0.15, -0.1) is 0 Å². The van der Waals surface area contributed by atoms with Crippen molar-refractivity contribution in [1.82, 2.24) is 9.97 Å². The fourth-order valence-electron chi connectivity index (χ4n) is 2.91. The number of hydrogen-bond acceptors (Lipinski definition) is 3. The van der Waals surface area contributed by atoms with Crippen LogP contribution in [0.1, 0.15) is 48.7 Å². The molecule has 1 aliphatic rings. The van der Waals surface area contributed by atoms with Crippen molar-refractivity contribution >= 4 is 44.3 Å². The quantitative estimate of drug-likeness (QED) is 0.681. The van der Waals surface area contributed by atoms with E-state index in [2.05, 4.69) is 55.6 Å². The second-order valence-corrected chi connectivity index (χ2v) is 7.51. The van der Waals surface area contributed by atoms with E-state index in [1.54, 1.807) is 0 Å². The van der Waals surface area contributed by atoms with Gasteiger partial charge >= 0.3 is 0 Å². The molecule has 3 rings (SSSR count). The van der Waals surface area contributed by atoms with Crippen LogP contribution in [0.3, 0.4) is 0 Å². The lowest BCUT2D eigenvalue weighted by Crippen LogP contribution is -2.10. The van der Waals surface area contributed by atoms with E-state index in [9.17, 15) is 0 Å². The molecule has 0 amide bonds. The Hall–Kier alpha value is -0.690. The van der Waals surface area contributed by atoms with Crippen LogP contribution in [0.2, 0.25) is 0 Å². The summed E-state index contributed by atoms with van der Waals surface area (Å²) in [5.41, 5.74) is 8.46. The standard InChI is InChI=1S/C16H17BrIN3/c17-12-7-3-4-10(8-12)9-13-20-15(11-5-1-2-6-11)14(18)16(19)21-13/h3-4,7-8,11H,1-2,5-6,9H2,(H2,19,20,21). The first-order valence-electron chi connectivity index (χ1n) is 7.19. The van der Waals surface area contributed by atoms with Gasteiger partial charge in [-0.1, -0.05) is 40.9 Å². The van der Waals surface area contributed by atoms with Crippen molar-refractivity contribution in [3.8, 4) is 0 Å². The Balaban J connectivity index is 1.92. The highest BCUT2D eigenvalue weighted by Crippen LogP contribution is 2.36. The van der Waals surface area contributed by atoms with Gasteiger partial charge in [0.15, 0.2) is 0 Å². The van der Waals surface area contributed by atoms with Gasteiger partial charge in [0, 0.05) is 16.8 Å². The summed E-state index contributed by atoms with van der Waals surface area (Å²) in [5.74, 6) is 2.01. The molecule has 0 radical (unpaired) electrons. The molecule has 5 heteroatoms. The van der Waals surface area contributed by atoms with Gasteiger partial charge in [0.2, 0.25) is 0 Å². The molecule has 3 nitrogen and oxygen atoms in total. The number of hydrogen-bond donors (Lipinski definition) is 1. The van der Waals surface area contributed by atoms with Crippen molar-refractivity contribution in [2.45, 2.75) is 38.0 Å². The number of aromatic nitrogens is 2. The van der Waals surface area contributed by atoms with Gasteiger partial charge in [-0.2, -0.15) is 0 Å². The highest BCUT2D eigenvalue weighted by molar-refractivity contribution is 14.1. The van der Waals surface area contributed by atoms with Gasteiger partial charge in [-0.3, -0.25) is 0 Å². The summed E-state index contributed by atoms with van der Waals surface area (Å²) in [5, 5.41) is 0. The molecule has 0 bridgehead atoms. The fourth-order valence-corrected chi connectivity index (χ4v) is 4.04. The lowest BCUT2D eigenvalue weighted by atomic mass is 10.0. The Labute approximate surface area is 147 Å². The normalized spacial score (nSPS) is 15.5. The van der Waals surface area contributed by atoms with Crippen molar-refractivity contribution in [3.05, 3.63) is 49.4 Å². The lowest BCUT2D eigenvalue weighted by molar-refractivity contribution is 0.682. The maximum absolute atomic E-state index is 6.10. The summed E-state index contributed by atoms with van der Waals surface area (Å²) >= 11 is 5.79. The molecule has 0 atom stereocenters. The van der Waals surface area contributed by atoms with E-state index in [1.807, 2.05) is 12.1 Å².